The summed E-state index contributed by atoms with van der Waals surface area (Å²) >= 11 is 0. The van der Waals surface area contributed by atoms with Gasteiger partial charge >= 0.3 is 5.97 Å². The predicted molar refractivity (Wildman–Crippen MR) is 159 cm³/mol. The van der Waals surface area contributed by atoms with Gasteiger partial charge in [0.25, 0.3) is 0 Å². The van der Waals surface area contributed by atoms with E-state index < -0.39 is 34.9 Å². The van der Waals surface area contributed by atoms with Crippen LogP contribution in [0.15, 0.2) is 23.8 Å². The van der Waals surface area contributed by atoms with Gasteiger partial charge in [-0.1, -0.05) is 44.8 Å². The molecule has 7 aliphatic rings. The lowest BCUT2D eigenvalue weighted by Crippen LogP contribution is -2.63. The lowest BCUT2D eigenvalue weighted by molar-refractivity contribution is -0.210. The van der Waals surface area contributed by atoms with E-state index >= 15 is 0 Å². The highest BCUT2D eigenvalue weighted by Gasteiger charge is 2.76. The van der Waals surface area contributed by atoms with E-state index in [1.807, 2.05) is 25.1 Å². The summed E-state index contributed by atoms with van der Waals surface area (Å²) in [5.74, 6) is -0.0419. The number of ether oxygens (including phenoxy) is 3. The molecule has 1 heterocycles. The lowest BCUT2D eigenvalue weighted by Gasteiger charge is -2.59. The largest absolute Gasteiger partial charge is 0.457 e. The van der Waals surface area contributed by atoms with Crippen LogP contribution < -0.4 is 0 Å². The molecule has 0 bridgehead atoms. The Labute approximate surface area is 255 Å². The Hall–Kier alpha value is -1.87. The summed E-state index contributed by atoms with van der Waals surface area (Å²) in [7, 11) is 3.90. The van der Waals surface area contributed by atoms with Crippen molar-refractivity contribution < 1.29 is 33.7 Å². The summed E-state index contributed by atoms with van der Waals surface area (Å²) in [6, 6.07) is 0. The maximum absolute atomic E-state index is 14.6. The molecule has 0 aromatic heterocycles. The normalized spacial score (nSPS) is 44.7. The fourth-order valence-corrected chi connectivity index (χ4v) is 10.8. The third-order valence-corrected chi connectivity index (χ3v) is 12.9. The van der Waals surface area contributed by atoms with Crippen molar-refractivity contribution in [2.75, 3.05) is 27.2 Å². The highest BCUT2D eigenvalue weighted by Crippen LogP contribution is 2.70. The summed E-state index contributed by atoms with van der Waals surface area (Å²) < 4.78 is 19.6. The van der Waals surface area contributed by atoms with Crippen molar-refractivity contribution in [3.05, 3.63) is 23.8 Å². The van der Waals surface area contributed by atoms with Crippen molar-refractivity contribution >= 4 is 17.5 Å². The highest BCUT2D eigenvalue weighted by molar-refractivity contribution is 6.01. The topological polar surface area (TPSA) is 102 Å². The average molecular weight is 596 g/mol. The Bertz CT molecular complexity index is 1250. The molecule has 0 aromatic rings. The molecule has 0 amide bonds. The number of Topliss-reactive ketones (excluding diaryl/α,β-unsaturated/α-hetero) is 1. The van der Waals surface area contributed by atoms with Crippen LogP contribution >= 0.6 is 0 Å². The number of carbonyl (C=O) groups is 3. The third kappa shape index (κ3) is 4.40. The first kappa shape index (κ1) is 29.8. The van der Waals surface area contributed by atoms with Crippen LogP contribution in [0, 0.1) is 39.9 Å². The highest BCUT2D eigenvalue weighted by atomic mass is 16.7. The van der Waals surface area contributed by atoms with Gasteiger partial charge in [0.2, 0.25) is 5.78 Å². The van der Waals surface area contributed by atoms with E-state index in [0.717, 1.165) is 56.9 Å². The number of nitrogens with zero attached hydrogens (tertiary/aromatic N) is 1. The summed E-state index contributed by atoms with van der Waals surface area (Å²) in [5, 5.41) is 12.0. The first-order valence-electron chi connectivity index (χ1n) is 16.7. The monoisotopic (exact) mass is 595 g/mol. The van der Waals surface area contributed by atoms with Gasteiger partial charge in [-0.05, 0) is 89.4 Å². The van der Waals surface area contributed by atoms with Crippen LogP contribution in [0.5, 0.6) is 0 Å². The van der Waals surface area contributed by atoms with Gasteiger partial charge in [0, 0.05) is 29.2 Å². The van der Waals surface area contributed by atoms with Gasteiger partial charge in [-0.3, -0.25) is 14.4 Å². The van der Waals surface area contributed by atoms with Crippen molar-refractivity contribution in [2.45, 2.75) is 109 Å². The molecule has 5 saturated carbocycles. The average Bonchev–Trinajstić information content (AvgIpc) is 3.56. The second-order valence-electron chi connectivity index (χ2n) is 15.7. The molecule has 8 nitrogen and oxygen atoms in total. The molecule has 0 radical (unpaired) electrons. The van der Waals surface area contributed by atoms with Crippen LogP contribution in [-0.2, 0) is 28.6 Å². The number of allylic oxidation sites excluding steroid dienone is 4. The van der Waals surface area contributed by atoms with Crippen molar-refractivity contribution in [1.82, 2.24) is 4.90 Å². The lowest BCUT2D eigenvalue weighted by atomic mass is 9.46. The SMILES string of the molecule is CN(C)CC1(C(=O)OCC(=O)[C@@]23O[C@H](C4CCCCC4)O[C@@H]2C[C@H]2[C@@H]4CCC5=CC(=O)C=C[C@]5(C)[C@H]4[C@@H](O)C[C@@]23C)CC1. The van der Waals surface area contributed by atoms with Gasteiger partial charge in [-0.15, -0.1) is 0 Å². The second kappa shape index (κ2) is 10.3. The van der Waals surface area contributed by atoms with E-state index in [0.29, 0.717) is 19.4 Å². The summed E-state index contributed by atoms with van der Waals surface area (Å²) in [6.07, 6.45) is 13.7. The maximum Gasteiger partial charge on any atom is 0.313 e. The first-order chi connectivity index (χ1) is 20.4. The molecule has 236 valence electrons. The van der Waals surface area contributed by atoms with Gasteiger partial charge in [-0.2, -0.15) is 0 Å². The molecule has 1 saturated heterocycles. The Morgan fingerprint density at radius 2 is 1.86 bits per heavy atom. The fourth-order valence-electron chi connectivity index (χ4n) is 10.8. The predicted octanol–water partition coefficient (Wildman–Crippen LogP) is 4.39. The van der Waals surface area contributed by atoms with Crippen molar-refractivity contribution in [3.8, 4) is 0 Å². The summed E-state index contributed by atoms with van der Waals surface area (Å²) in [4.78, 5) is 42.0. The Kier molecular flexibility index (Phi) is 7.16. The number of esters is 1. The minimum atomic E-state index is -1.26. The molecule has 6 aliphatic carbocycles. The molecule has 1 N–H and O–H groups in total. The van der Waals surface area contributed by atoms with Crippen LogP contribution in [-0.4, -0.2) is 78.9 Å². The molecule has 0 aromatic carbocycles. The third-order valence-electron chi connectivity index (χ3n) is 12.9. The minimum absolute atomic E-state index is 0.0182. The summed E-state index contributed by atoms with van der Waals surface area (Å²) in [5.41, 5.74) is -1.74. The van der Waals surface area contributed by atoms with Crippen molar-refractivity contribution in [1.29, 1.82) is 0 Å². The quantitative estimate of drug-likeness (QED) is 0.433. The van der Waals surface area contributed by atoms with Crippen LogP contribution in [0.4, 0.5) is 0 Å². The van der Waals surface area contributed by atoms with E-state index in [1.165, 1.54) is 6.42 Å². The molecule has 9 atom stereocenters. The fraction of sp³-hybridized carbons (Fsp3) is 0.800. The van der Waals surface area contributed by atoms with Crippen LogP contribution in [0.2, 0.25) is 0 Å². The number of hydrogen-bond donors (Lipinski definition) is 1. The Morgan fingerprint density at radius 3 is 2.56 bits per heavy atom. The minimum Gasteiger partial charge on any atom is -0.457 e. The van der Waals surface area contributed by atoms with Crippen LogP contribution in [0.3, 0.4) is 0 Å². The molecule has 8 heteroatoms. The zero-order valence-corrected chi connectivity index (χ0v) is 26.3. The summed E-state index contributed by atoms with van der Waals surface area (Å²) in [6.45, 7) is 4.58. The van der Waals surface area contributed by atoms with E-state index in [2.05, 4.69) is 13.8 Å². The number of aliphatic hydroxyl groups is 1. The van der Waals surface area contributed by atoms with E-state index in [-0.39, 0.29) is 53.2 Å². The van der Waals surface area contributed by atoms with Gasteiger partial charge in [0.15, 0.2) is 24.3 Å². The standard InChI is InChI=1S/C35H49NO7/c1-32-13-12-23(37)16-22(32)10-11-24-25-17-28-35(33(25,2)18-26(38)29(24)32,43-30(42-28)21-8-6-5-7-9-21)27(39)19-41-31(40)34(14-15-34)20-36(3)4/h12-13,16,21,24-26,28-30,38H,5-11,14-15,17-20H2,1-4H3/t24-,25-,26-,28+,29+,30+,32-,33-,35+/m0/s1. The molecule has 1 aliphatic heterocycles. The number of fused-ring (bicyclic) bond motifs is 7. The van der Waals surface area contributed by atoms with Crippen molar-refractivity contribution in [2.24, 2.45) is 39.9 Å². The zero-order chi connectivity index (χ0) is 30.4. The van der Waals surface area contributed by atoms with Gasteiger partial charge < -0.3 is 24.2 Å². The number of hydrogen-bond acceptors (Lipinski definition) is 8. The second-order valence-corrected chi connectivity index (χ2v) is 15.7. The Balaban J connectivity index is 1.20. The molecule has 43 heavy (non-hydrogen) atoms. The molecule has 6 fully saturated rings. The smallest absolute Gasteiger partial charge is 0.313 e. The number of carbonyl (C=O) groups excluding carboxylic acids is 3. The Morgan fingerprint density at radius 1 is 1.12 bits per heavy atom. The van der Waals surface area contributed by atoms with Crippen LogP contribution in [0.1, 0.15) is 84.5 Å². The van der Waals surface area contributed by atoms with Gasteiger partial charge in [0.05, 0.1) is 17.6 Å². The number of aliphatic hydroxyl groups excluding tert-OH is 1. The first-order valence-corrected chi connectivity index (χ1v) is 16.7. The van der Waals surface area contributed by atoms with E-state index in [1.54, 1.807) is 12.2 Å². The number of ketones is 2. The molecular formula is C35H49NO7. The molecule has 0 unspecified atom stereocenters. The van der Waals surface area contributed by atoms with Crippen LogP contribution in [0.25, 0.3) is 0 Å². The van der Waals surface area contributed by atoms with E-state index in [4.69, 9.17) is 14.2 Å². The van der Waals surface area contributed by atoms with Crippen molar-refractivity contribution in [3.63, 3.8) is 0 Å². The molecule has 7 rings (SSSR count). The van der Waals surface area contributed by atoms with Gasteiger partial charge in [-0.25, -0.2) is 0 Å². The van der Waals surface area contributed by atoms with E-state index in [9.17, 15) is 19.5 Å². The molecular weight excluding hydrogens is 546 g/mol. The molecule has 0 spiro atoms. The maximum atomic E-state index is 14.6. The number of rotatable bonds is 7. The zero-order valence-electron chi connectivity index (χ0n) is 26.3. The van der Waals surface area contributed by atoms with Gasteiger partial charge in [0.1, 0.15) is 0 Å².